The van der Waals surface area contributed by atoms with Gasteiger partial charge in [0.2, 0.25) is 11.8 Å². The summed E-state index contributed by atoms with van der Waals surface area (Å²) in [6.07, 6.45) is -8.73. The van der Waals surface area contributed by atoms with Crippen molar-refractivity contribution in [2.75, 3.05) is 16.8 Å². The van der Waals surface area contributed by atoms with Crippen LogP contribution in [0.15, 0.2) is 82.6 Å². The molecule has 2 N–H and O–H groups in total. The summed E-state index contributed by atoms with van der Waals surface area (Å²) < 4.78 is 86.1. The van der Waals surface area contributed by atoms with Gasteiger partial charge in [-0.25, -0.2) is 0 Å². The molecule has 16 heteroatoms. The van der Waals surface area contributed by atoms with E-state index in [-0.39, 0.29) is 45.2 Å². The molecule has 4 aliphatic rings. The number of carbonyl (C=O) groups is 3. The van der Waals surface area contributed by atoms with Crippen LogP contribution < -0.4 is 19.8 Å². The lowest BCUT2D eigenvalue weighted by molar-refractivity contribution is -0.138. The molecule has 264 valence electrons. The van der Waals surface area contributed by atoms with Crippen LogP contribution in [-0.2, 0) is 26.7 Å². The SMILES string of the molecule is O=C(COc1ccc([C@H]2c3sc(=O)[nH]c3SC3C4CC(C5C(=O)N(c6cccc(C(F)(F)F)c6)C(=O)C45)C32)cc1)Nc1ccccc1C(F)(F)F. The number of hydrogen-bond acceptors (Lipinski definition) is 7. The van der Waals surface area contributed by atoms with E-state index >= 15 is 0 Å². The molecular formula is C35H25F6N3O5S2. The second-order valence-corrected chi connectivity index (χ2v) is 15.2. The second kappa shape index (κ2) is 12.0. The van der Waals surface area contributed by atoms with E-state index in [1.165, 1.54) is 36.0 Å². The summed E-state index contributed by atoms with van der Waals surface area (Å²) in [5, 5.41) is 2.74. The number of halogens is 6. The van der Waals surface area contributed by atoms with Crippen LogP contribution in [0.25, 0.3) is 0 Å². The summed E-state index contributed by atoms with van der Waals surface area (Å²) in [6, 6.07) is 15.5. The largest absolute Gasteiger partial charge is 0.484 e. The molecule has 3 heterocycles. The van der Waals surface area contributed by atoms with E-state index in [1.807, 2.05) is 0 Å². The van der Waals surface area contributed by atoms with Gasteiger partial charge in [0.1, 0.15) is 5.75 Å². The van der Waals surface area contributed by atoms with E-state index in [2.05, 4.69) is 10.3 Å². The Morgan fingerprint density at radius 1 is 0.882 bits per heavy atom. The molecule has 2 bridgehead atoms. The first kappa shape index (κ1) is 33.6. The number of nitrogens with one attached hydrogen (secondary N) is 2. The van der Waals surface area contributed by atoms with Gasteiger partial charge in [0, 0.05) is 16.0 Å². The average molecular weight is 746 g/mol. The number of hydrogen-bond donors (Lipinski definition) is 2. The number of fused-ring (bicyclic) bond motifs is 9. The highest BCUT2D eigenvalue weighted by Gasteiger charge is 2.69. The number of aromatic nitrogens is 1. The third-order valence-electron chi connectivity index (χ3n) is 10.3. The molecule has 1 aromatic heterocycles. The normalized spacial score (nSPS) is 26.5. The Morgan fingerprint density at radius 3 is 2.29 bits per heavy atom. The number of nitrogens with zero attached hydrogens (tertiary/aromatic N) is 1. The zero-order chi connectivity index (χ0) is 36.0. The first-order chi connectivity index (χ1) is 24.2. The highest BCUT2D eigenvalue weighted by molar-refractivity contribution is 8.00. The summed E-state index contributed by atoms with van der Waals surface area (Å²) >= 11 is 2.52. The molecule has 1 saturated heterocycles. The topological polar surface area (TPSA) is 109 Å². The Kier molecular flexibility index (Phi) is 7.90. The van der Waals surface area contributed by atoms with Crippen molar-refractivity contribution >= 4 is 52.2 Å². The molecule has 7 atom stereocenters. The standard InChI is InChI=1S/C35H25F6N3O5S2/c36-34(37,38)16-4-3-5-17(12-16)44-31(46)26-19-13-20(27(26)32(44)47)28-25(19)24(29-30(50-28)43-33(48)51-29)15-8-10-18(11-9-15)49-14-23(45)42-22-7-2-1-6-21(22)35(39,40)41/h1-12,19-20,24-28H,13-14H2,(H,42,45)(H,43,48)/t19?,20?,24-,25?,26?,27?,28?/m1/s1. The third kappa shape index (κ3) is 5.62. The van der Waals surface area contributed by atoms with Crippen molar-refractivity contribution in [2.24, 2.45) is 29.6 Å². The molecule has 3 aromatic carbocycles. The molecule has 6 unspecified atom stereocenters. The quantitative estimate of drug-likeness (QED) is 0.160. The van der Waals surface area contributed by atoms with Crippen LogP contribution in [0.3, 0.4) is 0 Å². The van der Waals surface area contributed by atoms with Gasteiger partial charge in [0.05, 0.1) is 39.4 Å². The van der Waals surface area contributed by atoms with Gasteiger partial charge >= 0.3 is 17.2 Å². The summed E-state index contributed by atoms with van der Waals surface area (Å²) in [7, 11) is 0. The number of rotatable bonds is 6. The number of imide groups is 1. The van der Waals surface area contributed by atoms with Crippen molar-refractivity contribution in [3.05, 3.63) is 104 Å². The molecule has 51 heavy (non-hydrogen) atoms. The van der Waals surface area contributed by atoms with Crippen molar-refractivity contribution in [3.8, 4) is 5.75 Å². The third-order valence-corrected chi connectivity index (χ3v) is 12.9. The highest BCUT2D eigenvalue weighted by atomic mass is 32.2. The minimum Gasteiger partial charge on any atom is -0.484 e. The number of H-pyrrole nitrogens is 1. The van der Waals surface area contributed by atoms with Gasteiger partial charge in [-0.2, -0.15) is 26.3 Å². The molecule has 0 spiro atoms. The Bertz CT molecular complexity index is 2130. The number of para-hydroxylation sites is 1. The smallest absolute Gasteiger partial charge is 0.418 e. The van der Waals surface area contributed by atoms with Crippen LogP contribution in [0.1, 0.15) is 33.9 Å². The van der Waals surface area contributed by atoms with Crippen molar-refractivity contribution in [2.45, 2.75) is 35.0 Å². The lowest BCUT2D eigenvalue weighted by Crippen LogP contribution is -2.42. The molecule has 0 radical (unpaired) electrons. The number of thiazole rings is 1. The number of thioether (sulfide) groups is 1. The van der Waals surface area contributed by atoms with E-state index in [1.54, 1.807) is 24.3 Å². The van der Waals surface area contributed by atoms with E-state index in [0.29, 0.717) is 11.4 Å². The van der Waals surface area contributed by atoms with Crippen LogP contribution >= 0.6 is 23.1 Å². The summed E-state index contributed by atoms with van der Waals surface area (Å²) in [6.45, 7) is -0.564. The number of amides is 3. The van der Waals surface area contributed by atoms with Crippen LogP contribution in [-0.4, -0.2) is 34.6 Å². The molecular weight excluding hydrogens is 721 g/mol. The minimum atomic E-state index is -4.66. The first-order valence-corrected chi connectivity index (χ1v) is 17.5. The van der Waals surface area contributed by atoms with Gasteiger partial charge in [-0.3, -0.25) is 24.1 Å². The van der Waals surface area contributed by atoms with Gasteiger partial charge in [0.25, 0.3) is 5.91 Å². The van der Waals surface area contributed by atoms with Crippen molar-refractivity contribution in [1.29, 1.82) is 0 Å². The Hall–Kier alpha value is -4.57. The molecule has 2 aliphatic carbocycles. The molecule has 4 aromatic rings. The number of benzene rings is 3. The molecule has 3 amide bonds. The van der Waals surface area contributed by atoms with Gasteiger partial charge in [-0.05, 0) is 72.2 Å². The van der Waals surface area contributed by atoms with Crippen LogP contribution in [0, 0.1) is 29.6 Å². The Labute approximate surface area is 293 Å². The summed E-state index contributed by atoms with van der Waals surface area (Å²) in [4.78, 5) is 57.1. The van der Waals surface area contributed by atoms with Gasteiger partial charge in [0.15, 0.2) is 6.61 Å². The van der Waals surface area contributed by atoms with E-state index in [0.717, 1.165) is 50.9 Å². The van der Waals surface area contributed by atoms with Crippen LogP contribution in [0.2, 0.25) is 0 Å². The number of alkyl halides is 6. The maximum Gasteiger partial charge on any atom is 0.418 e. The number of aromatic amines is 1. The monoisotopic (exact) mass is 745 g/mol. The van der Waals surface area contributed by atoms with E-state index < -0.39 is 65.3 Å². The average Bonchev–Trinajstić information content (AvgIpc) is 3.82. The number of anilines is 2. The maximum absolute atomic E-state index is 13.9. The molecule has 3 fully saturated rings. The molecule has 8 nitrogen and oxygen atoms in total. The maximum atomic E-state index is 13.9. The van der Waals surface area contributed by atoms with Crippen molar-refractivity contribution < 1.29 is 45.5 Å². The zero-order valence-electron chi connectivity index (χ0n) is 26.0. The molecule has 8 rings (SSSR count). The van der Waals surface area contributed by atoms with E-state index in [4.69, 9.17) is 4.74 Å². The summed E-state index contributed by atoms with van der Waals surface area (Å²) in [5.41, 5.74) is -1.67. The minimum absolute atomic E-state index is 0.113. The van der Waals surface area contributed by atoms with Crippen LogP contribution in [0.5, 0.6) is 5.75 Å². The molecule has 2 aliphatic heterocycles. The van der Waals surface area contributed by atoms with Gasteiger partial charge in [-0.1, -0.05) is 41.7 Å². The Balaban J connectivity index is 1.04. The highest BCUT2D eigenvalue weighted by Crippen LogP contribution is 2.68. The number of ether oxygens (including phenoxy) is 1. The van der Waals surface area contributed by atoms with Gasteiger partial charge < -0.3 is 15.0 Å². The Morgan fingerprint density at radius 2 is 1.59 bits per heavy atom. The predicted molar refractivity (Wildman–Crippen MR) is 174 cm³/mol. The lowest BCUT2D eigenvalue weighted by Gasteiger charge is -2.43. The van der Waals surface area contributed by atoms with Crippen LogP contribution in [0.4, 0.5) is 37.7 Å². The van der Waals surface area contributed by atoms with Crippen molar-refractivity contribution in [3.63, 3.8) is 0 Å². The second-order valence-electron chi connectivity index (χ2n) is 13.0. The lowest BCUT2D eigenvalue weighted by atomic mass is 9.68. The predicted octanol–water partition coefficient (Wildman–Crippen LogP) is 7.17. The fourth-order valence-electron chi connectivity index (χ4n) is 8.41. The van der Waals surface area contributed by atoms with Crippen molar-refractivity contribution in [1.82, 2.24) is 4.98 Å². The fraction of sp³-hybridized carbons (Fsp3) is 0.314. The zero-order valence-corrected chi connectivity index (χ0v) is 27.6. The van der Waals surface area contributed by atoms with Gasteiger partial charge in [-0.15, -0.1) is 11.8 Å². The molecule has 2 saturated carbocycles. The number of carbonyl (C=O) groups excluding carboxylic acids is 3. The fourth-order valence-corrected chi connectivity index (χ4v) is 11.3. The summed E-state index contributed by atoms with van der Waals surface area (Å²) in [5.74, 6) is -4.02. The van der Waals surface area contributed by atoms with E-state index in [9.17, 15) is 45.5 Å². The first-order valence-electron chi connectivity index (χ1n) is 15.8.